The molecule has 2 rings (SSSR count). The fraction of sp³-hybridized carbons (Fsp3) is 0.455. The van der Waals surface area contributed by atoms with Crippen LogP contribution in [0.2, 0.25) is 0 Å². The van der Waals surface area contributed by atoms with Gasteiger partial charge in [-0.1, -0.05) is 6.07 Å². The van der Waals surface area contributed by atoms with Gasteiger partial charge in [0.1, 0.15) is 5.69 Å². The lowest BCUT2D eigenvalue weighted by molar-refractivity contribution is -0.385. The molecule has 0 bridgehead atoms. The number of methoxy groups -OCH3 is 1. The number of hydrogen-bond donors (Lipinski definition) is 0. The number of rotatable bonds is 3. The zero-order valence-corrected chi connectivity index (χ0v) is 10.8. The molecular formula is C11H14N2O4S. The third kappa shape index (κ3) is 2.45. The molecule has 1 aliphatic rings. The zero-order chi connectivity index (χ0) is 13.2. The maximum Gasteiger partial charge on any atom is 0.313 e. The average Bonchev–Trinajstić information content (AvgIpc) is 2.75. The largest absolute Gasteiger partial charge is 0.489 e. The van der Waals surface area contributed by atoms with E-state index < -0.39 is 14.7 Å². The molecule has 98 valence electrons. The lowest BCUT2D eigenvalue weighted by Gasteiger charge is -2.06. The van der Waals surface area contributed by atoms with Crippen LogP contribution >= 0.6 is 0 Å². The Hall–Kier alpha value is -1.63. The Morgan fingerprint density at radius 1 is 1.39 bits per heavy atom. The van der Waals surface area contributed by atoms with Crippen LogP contribution in [-0.2, 0) is 9.73 Å². The molecule has 1 fully saturated rings. The van der Waals surface area contributed by atoms with Gasteiger partial charge in [-0.25, -0.2) is 4.21 Å². The average molecular weight is 270 g/mol. The molecule has 0 unspecified atom stereocenters. The monoisotopic (exact) mass is 270 g/mol. The second-order valence-electron chi connectivity index (χ2n) is 4.07. The zero-order valence-electron chi connectivity index (χ0n) is 10.00. The molecule has 0 spiro atoms. The van der Waals surface area contributed by atoms with Gasteiger partial charge < -0.3 is 4.74 Å². The topological polar surface area (TPSA) is 81.8 Å². The summed E-state index contributed by atoms with van der Waals surface area (Å²) in [4.78, 5) is 10.3. The number of benzene rings is 1. The highest BCUT2D eigenvalue weighted by atomic mass is 32.2. The molecule has 0 saturated carbocycles. The van der Waals surface area contributed by atoms with Gasteiger partial charge in [-0.2, -0.15) is 4.36 Å². The lowest BCUT2D eigenvalue weighted by atomic mass is 10.2. The fourth-order valence-corrected chi connectivity index (χ4v) is 4.16. The second-order valence-corrected chi connectivity index (χ2v) is 6.61. The van der Waals surface area contributed by atoms with Crippen molar-refractivity contribution in [3.63, 3.8) is 0 Å². The highest BCUT2D eigenvalue weighted by Crippen LogP contribution is 2.37. The van der Waals surface area contributed by atoms with E-state index in [4.69, 9.17) is 4.74 Å². The van der Waals surface area contributed by atoms with E-state index in [-0.39, 0.29) is 11.4 Å². The standard InChI is InChI=1S/C11H14N2O4S/c1-17-11-9(5-4-6-10(11)13(14)15)12-18(16)7-2-3-8-18/h4-6H,2-3,7-8H2,1H3. The quantitative estimate of drug-likeness (QED) is 0.624. The van der Waals surface area contributed by atoms with Gasteiger partial charge in [0.15, 0.2) is 0 Å². The van der Waals surface area contributed by atoms with Crippen molar-refractivity contribution < 1.29 is 13.9 Å². The number of ether oxygens (including phenoxy) is 1. The van der Waals surface area contributed by atoms with Gasteiger partial charge in [0.25, 0.3) is 0 Å². The van der Waals surface area contributed by atoms with Crippen LogP contribution in [0.1, 0.15) is 12.8 Å². The Morgan fingerprint density at radius 3 is 2.61 bits per heavy atom. The van der Waals surface area contributed by atoms with E-state index in [0.29, 0.717) is 17.2 Å². The maximum atomic E-state index is 12.3. The Morgan fingerprint density at radius 2 is 2.06 bits per heavy atom. The van der Waals surface area contributed by atoms with E-state index in [1.54, 1.807) is 6.07 Å². The van der Waals surface area contributed by atoms with Crippen LogP contribution in [0, 0.1) is 10.1 Å². The van der Waals surface area contributed by atoms with Crippen molar-refractivity contribution in [3.05, 3.63) is 28.3 Å². The first-order chi connectivity index (χ1) is 8.56. The first-order valence-electron chi connectivity index (χ1n) is 5.60. The molecule has 6 nitrogen and oxygen atoms in total. The summed E-state index contributed by atoms with van der Waals surface area (Å²) in [5.41, 5.74) is 0.151. The smallest absolute Gasteiger partial charge is 0.313 e. The van der Waals surface area contributed by atoms with Crippen LogP contribution in [-0.4, -0.2) is 27.7 Å². The van der Waals surface area contributed by atoms with Crippen molar-refractivity contribution in [2.75, 3.05) is 18.6 Å². The van der Waals surface area contributed by atoms with E-state index >= 15 is 0 Å². The molecule has 1 aliphatic heterocycles. The summed E-state index contributed by atoms with van der Waals surface area (Å²) in [6.45, 7) is 0. The second kappa shape index (κ2) is 4.93. The van der Waals surface area contributed by atoms with E-state index in [9.17, 15) is 14.3 Å². The molecule has 1 saturated heterocycles. The van der Waals surface area contributed by atoms with Crippen molar-refractivity contribution in [1.29, 1.82) is 0 Å². The summed E-state index contributed by atoms with van der Waals surface area (Å²) in [5, 5.41) is 10.9. The predicted molar refractivity (Wildman–Crippen MR) is 68.8 cm³/mol. The van der Waals surface area contributed by atoms with Crippen LogP contribution in [0.4, 0.5) is 11.4 Å². The number of hydrogen-bond acceptors (Lipinski definition) is 5. The predicted octanol–water partition coefficient (Wildman–Crippen LogP) is 2.50. The first-order valence-corrected chi connectivity index (χ1v) is 7.45. The third-order valence-corrected chi connectivity index (χ3v) is 5.20. The van der Waals surface area contributed by atoms with Crippen molar-refractivity contribution in [1.82, 2.24) is 0 Å². The Bertz CT molecular complexity index is 579. The van der Waals surface area contributed by atoms with E-state index in [1.165, 1.54) is 19.2 Å². The van der Waals surface area contributed by atoms with Gasteiger partial charge in [0.2, 0.25) is 5.75 Å². The summed E-state index contributed by atoms with van der Waals surface area (Å²) in [6.07, 6.45) is 1.78. The molecule has 0 radical (unpaired) electrons. The van der Waals surface area contributed by atoms with E-state index in [2.05, 4.69) is 4.36 Å². The summed E-state index contributed by atoms with van der Waals surface area (Å²) < 4.78 is 21.5. The molecule has 18 heavy (non-hydrogen) atoms. The fourth-order valence-electron chi connectivity index (χ4n) is 1.97. The van der Waals surface area contributed by atoms with Crippen molar-refractivity contribution >= 4 is 21.1 Å². The van der Waals surface area contributed by atoms with Gasteiger partial charge in [0, 0.05) is 17.6 Å². The molecule has 0 atom stereocenters. The maximum absolute atomic E-state index is 12.3. The van der Waals surface area contributed by atoms with E-state index in [0.717, 1.165) is 12.8 Å². The molecule has 1 aromatic rings. The molecule has 0 N–H and O–H groups in total. The third-order valence-electron chi connectivity index (χ3n) is 2.82. The molecular weight excluding hydrogens is 256 g/mol. The van der Waals surface area contributed by atoms with Crippen LogP contribution in [0.3, 0.4) is 0 Å². The molecule has 0 aromatic heterocycles. The molecule has 0 amide bonds. The summed E-state index contributed by atoms with van der Waals surface area (Å²) in [7, 11) is -0.909. The van der Waals surface area contributed by atoms with Crippen molar-refractivity contribution in [3.8, 4) is 5.75 Å². The summed E-state index contributed by atoms with van der Waals surface area (Å²) in [6, 6.07) is 4.47. The van der Waals surface area contributed by atoms with Crippen molar-refractivity contribution in [2.24, 2.45) is 4.36 Å². The highest BCUT2D eigenvalue weighted by Gasteiger charge is 2.21. The minimum atomic E-state index is -2.26. The van der Waals surface area contributed by atoms with Gasteiger partial charge >= 0.3 is 5.69 Å². The normalized spacial score (nSPS) is 17.4. The van der Waals surface area contributed by atoms with Gasteiger partial charge in [-0.15, -0.1) is 0 Å². The van der Waals surface area contributed by atoms with Gasteiger partial charge in [-0.05, 0) is 18.9 Å². The van der Waals surface area contributed by atoms with E-state index in [1.807, 2.05) is 0 Å². The van der Waals surface area contributed by atoms with Crippen molar-refractivity contribution in [2.45, 2.75) is 12.8 Å². The van der Waals surface area contributed by atoms with Crippen LogP contribution in [0.25, 0.3) is 0 Å². The number of nitrogens with zero attached hydrogens (tertiary/aromatic N) is 2. The molecule has 1 heterocycles. The minimum absolute atomic E-state index is 0.0807. The molecule has 1 aromatic carbocycles. The van der Waals surface area contributed by atoms with Crippen LogP contribution < -0.4 is 4.74 Å². The number of para-hydroxylation sites is 1. The Labute approximate surface area is 105 Å². The lowest BCUT2D eigenvalue weighted by Crippen LogP contribution is -2.00. The van der Waals surface area contributed by atoms with Crippen LogP contribution in [0.5, 0.6) is 5.75 Å². The first kappa shape index (κ1) is 12.8. The van der Waals surface area contributed by atoms with Crippen LogP contribution in [0.15, 0.2) is 22.6 Å². The Balaban J connectivity index is 2.55. The summed E-state index contributed by atoms with van der Waals surface area (Å²) in [5.74, 6) is 1.19. The SMILES string of the molecule is COc1c(N=S2(=O)CCCC2)cccc1[N+](=O)[O-]. The highest BCUT2D eigenvalue weighted by molar-refractivity contribution is 7.93. The molecule has 7 heteroatoms. The number of nitro groups is 1. The minimum Gasteiger partial charge on any atom is -0.489 e. The summed E-state index contributed by atoms with van der Waals surface area (Å²) >= 11 is 0. The Kier molecular flexibility index (Phi) is 3.51. The number of nitro benzene ring substituents is 1. The molecule has 0 aliphatic carbocycles. The van der Waals surface area contributed by atoms with Gasteiger partial charge in [-0.3, -0.25) is 10.1 Å². The van der Waals surface area contributed by atoms with Gasteiger partial charge in [0.05, 0.1) is 21.8 Å².